The number of nitrogens with two attached hydrogens (primary N) is 4. The van der Waals surface area contributed by atoms with Gasteiger partial charge in [-0.1, -0.05) is 0 Å². The topological polar surface area (TPSA) is 308 Å². The smallest absolute Gasteiger partial charge is 0.321 e. The van der Waals surface area contributed by atoms with Gasteiger partial charge in [0, 0.05) is 6.42 Å². The van der Waals surface area contributed by atoms with Gasteiger partial charge < -0.3 is 48.5 Å². The molecule has 0 fully saturated rings. The Balaban J connectivity index is -0.000000336. The number of amides is 1. The predicted octanol–water partition coefficient (Wildman–Crippen LogP) is -3.59. The minimum atomic E-state index is -1.29. The van der Waals surface area contributed by atoms with Crippen LogP contribution in [0, 0.1) is 0 Å². The highest BCUT2D eigenvalue weighted by Crippen LogP contribution is 1.93. The maximum Gasteiger partial charge on any atom is 0.321 e. The molecule has 3 atom stereocenters. The Morgan fingerprint density at radius 2 is 0.964 bits per heavy atom. The molecule has 0 radical (unpaired) electrons. The molecule has 0 rings (SSSR count). The summed E-state index contributed by atoms with van der Waals surface area (Å²) >= 11 is 0. The first-order chi connectivity index (χ1) is 12.6. The standard InChI is InChI=1S/C5H9NO4.C4H8N2O3.C4H7NO4/c6-3(5(9)10)1-2-4(7)8;2*5-2(4(8)9)1-3(6)7/h3H,1-2,6H2,(H,7,8)(H,9,10);2H,1,5H2,(H2,6,7)(H,8,9);2H,1,5H2,(H,6,7)(H,8,9)/t3-;2*2-/m000/s1. The zero-order valence-corrected chi connectivity index (χ0v) is 14.6. The second-order valence-electron chi connectivity index (χ2n) is 5.03. The molecule has 0 saturated carbocycles. The molecule has 0 heterocycles. The van der Waals surface area contributed by atoms with Crippen molar-refractivity contribution in [2.24, 2.45) is 22.9 Å². The van der Waals surface area contributed by atoms with E-state index in [2.05, 4.69) is 5.73 Å². The Labute approximate surface area is 157 Å². The molecule has 0 aromatic rings. The summed E-state index contributed by atoms with van der Waals surface area (Å²) in [6.45, 7) is 0. The summed E-state index contributed by atoms with van der Waals surface area (Å²) in [5.74, 6) is -6.61. The van der Waals surface area contributed by atoms with Crippen molar-refractivity contribution in [3.05, 3.63) is 0 Å². The van der Waals surface area contributed by atoms with Gasteiger partial charge in [-0.15, -0.1) is 0 Å². The summed E-state index contributed by atoms with van der Waals surface area (Å²) < 4.78 is 0. The zero-order chi connectivity index (χ0) is 23.0. The summed E-state index contributed by atoms with van der Waals surface area (Å²) in [6, 6.07) is -3.51. The van der Waals surface area contributed by atoms with Crippen LogP contribution < -0.4 is 22.9 Å². The van der Waals surface area contributed by atoms with E-state index in [4.69, 9.17) is 42.7 Å². The molecule has 0 aromatic carbocycles. The average molecular weight is 412 g/mol. The monoisotopic (exact) mass is 412 g/mol. The van der Waals surface area contributed by atoms with E-state index >= 15 is 0 Å². The second-order valence-corrected chi connectivity index (χ2v) is 5.03. The molecule has 15 nitrogen and oxygen atoms in total. The van der Waals surface area contributed by atoms with Crippen molar-refractivity contribution in [3.8, 4) is 0 Å². The van der Waals surface area contributed by atoms with E-state index in [9.17, 15) is 28.8 Å². The second kappa shape index (κ2) is 15.9. The molecule has 0 aliphatic rings. The normalized spacial score (nSPS) is 12.5. The molecule has 0 aliphatic heterocycles. The predicted molar refractivity (Wildman–Crippen MR) is 89.8 cm³/mol. The largest absolute Gasteiger partial charge is 0.481 e. The number of hydrogen-bond acceptors (Lipinski definition) is 9. The van der Waals surface area contributed by atoms with Gasteiger partial charge in [0.2, 0.25) is 5.91 Å². The van der Waals surface area contributed by atoms with E-state index in [1.807, 2.05) is 0 Å². The van der Waals surface area contributed by atoms with Gasteiger partial charge in [-0.25, -0.2) is 0 Å². The van der Waals surface area contributed by atoms with Crippen LogP contribution in [0.5, 0.6) is 0 Å². The maximum atomic E-state index is 9.99. The Morgan fingerprint density at radius 1 is 0.607 bits per heavy atom. The lowest BCUT2D eigenvalue weighted by Crippen LogP contribution is -2.34. The van der Waals surface area contributed by atoms with Crippen LogP contribution in [0.25, 0.3) is 0 Å². The van der Waals surface area contributed by atoms with Gasteiger partial charge in [-0.3, -0.25) is 28.8 Å². The summed E-state index contributed by atoms with van der Waals surface area (Å²) in [6.07, 6.45) is -1.07. The average Bonchev–Trinajstić information content (AvgIpc) is 2.52. The van der Waals surface area contributed by atoms with Crippen molar-refractivity contribution >= 4 is 35.8 Å². The number of primary amides is 1. The molecular formula is C13H24N4O11. The van der Waals surface area contributed by atoms with Gasteiger partial charge in [-0.05, 0) is 6.42 Å². The van der Waals surface area contributed by atoms with Gasteiger partial charge in [0.15, 0.2) is 0 Å². The molecule has 0 bridgehead atoms. The minimum absolute atomic E-state index is 0.0231. The maximum absolute atomic E-state index is 9.99. The zero-order valence-electron chi connectivity index (χ0n) is 14.6. The molecule has 1 amide bonds. The number of aliphatic carboxylic acids is 5. The molecule has 162 valence electrons. The third-order valence-corrected chi connectivity index (χ3v) is 2.44. The van der Waals surface area contributed by atoms with Crippen molar-refractivity contribution in [3.63, 3.8) is 0 Å². The summed E-state index contributed by atoms with van der Waals surface area (Å²) in [4.78, 5) is 59.4. The van der Waals surface area contributed by atoms with Gasteiger partial charge in [0.1, 0.15) is 18.1 Å². The fourth-order valence-corrected chi connectivity index (χ4v) is 0.982. The lowest BCUT2D eigenvalue weighted by Gasteiger charge is -2.01. The highest BCUT2D eigenvalue weighted by molar-refractivity contribution is 5.83. The van der Waals surface area contributed by atoms with Crippen molar-refractivity contribution in [2.75, 3.05) is 0 Å². The van der Waals surface area contributed by atoms with E-state index < -0.39 is 60.3 Å². The van der Waals surface area contributed by atoms with E-state index in [0.29, 0.717) is 0 Å². The fourth-order valence-electron chi connectivity index (χ4n) is 0.982. The Morgan fingerprint density at radius 3 is 1.14 bits per heavy atom. The van der Waals surface area contributed by atoms with Crippen LogP contribution in [0.15, 0.2) is 0 Å². The number of rotatable bonds is 10. The number of carbonyl (C=O) groups is 6. The van der Waals surface area contributed by atoms with E-state index in [1.54, 1.807) is 0 Å². The molecule has 0 unspecified atom stereocenters. The molecule has 0 aromatic heterocycles. The minimum Gasteiger partial charge on any atom is -0.481 e. The summed E-state index contributed by atoms with van der Waals surface area (Å²) in [5, 5.41) is 40.4. The first-order valence-electron chi connectivity index (χ1n) is 7.28. The van der Waals surface area contributed by atoms with Crippen molar-refractivity contribution in [2.45, 2.75) is 43.8 Å². The first kappa shape index (κ1) is 29.5. The number of carboxylic acid groups (broad SMARTS) is 5. The van der Waals surface area contributed by atoms with Crippen LogP contribution in [0.4, 0.5) is 0 Å². The molecule has 0 aliphatic carbocycles. The third kappa shape index (κ3) is 22.7. The van der Waals surface area contributed by atoms with Crippen LogP contribution >= 0.6 is 0 Å². The number of carbonyl (C=O) groups excluding carboxylic acids is 1. The van der Waals surface area contributed by atoms with E-state index in [1.165, 1.54) is 0 Å². The van der Waals surface area contributed by atoms with Gasteiger partial charge in [0.05, 0.1) is 12.8 Å². The molecule has 0 spiro atoms. The van der Waals surface area contributed by atoms with Crippen molar-refractivity contribution in [1.29, 1.82) is 0 Å². The van der Waals surface area contributed by atoms with Crippen molar-refractivity contribution in [1.82, 2.24) is 0 Å². The highest BCUT2D eigenvalue weighted by atomic mass is 16.4. The molecule has 15 heteroatoms. The molecular weight excluding hydrogens is 388 g/mol. The summed E-state index contributed by atoms with van der Waals surface area (Å²) in [5.41, 5.74) is 19.4. The molecule has 28 heavy (non-hydrogen) atoms. The highest BCUT2D eigenvalue weighted by Gasteiger charge is 2.15. The number of carboxylic acids is 5. The van der Waals surface area contributed by atoms with Crippen LogP contribution in [0.1, 0.15) is 25.7 Å². The van der Waals surface area contributed by atoms with Gasteiger partial charge >= 0.3 is 29.8 Å². The Bertz CT molecular complexity index is 535. The Hall–Kier alpha value is -3.30. The van der Waals surface area contributed by atoms with Crippen LogP contribution in [-0.2, 0) is 28.8 Å². The first-order valence-corrected chi connectivity index (χ1v) is 7.28. The van der Waals surface area contributed by atoms with Crippen LogP contribution in [0.3, 0.4) is 0 Å². The molecule has 13 N–H and O–H groups in total. The van der Waals surface area contributed by atoms with Crippen LogP contribution in [-0.4, -0.2) is 79.4 Å². The third-order valence-electron chi connectivity index (χ3n) is 2.44. The van der Waals surface area contributed by atoms with E-state index in [0.717, 1.165) is 0 Å². The molecule has 0 saturated heterocycles. The quantitative estimate of drug-likeness (QED) is 0.167. The van der Waals surface area contributed by atoms with Crippen LogP contribution in [0.2, 0.25) is 0 Å². The fraction of sp³-hybridized carbons (Fsp3) is 0.538. The van der Waals surface area contributed by atoms with E-state index in [-0.39, 0.29) is 19.3 Å². The lowest BCUT2D eigenvalue weighted by atomic mass is 10.2. The van der Waals surface area contributed by atoms with Gasteiger partial charge in [-0.2, -0.15) is 0 Å². The SMILES string of the molecule is NC(=O)C[C@H](N)C(=O)O.N[C@@H](CC(=O)O)C(=O)O.N[C@@H](CCC(=O)O)C(=O)O. The van der Waals surface area contributed by atoms with Crippen molar-refractivity contribution < 1.29 is 54.3 Å². The number of hydrogen-bond donors (Lipinski definition) is 9. The Kier molecular flexibility index (Phi) is 16.7. The van der Waals surface area contributed by atoms with Gasteiger partial charge in [0.25, 0.3) is 0 Å². The summed E-state index contributed by atoms with van der Waals surface area (Å²) in [7, 11) is 0. The lowest BCUT2D eigenvalue weighted by molar-refractivity contribution is -0.144.